The Bertz CT molecular complexity index is 1050. The molecule has 3 rings (SSSR count). The summed E-state index contributed by atoms with van der Waals surface area (Å²) in [6.45, 7) is 6.28. The average Bonchev–Trinajstić information content (AvgIpc) is 3.02. The molecular weight excluding hydrogens is 441 g/mol. The van der Waals surface area contributed by atoms with Crippen LogP contribution in [0, 0.1) is 11.7 Å². The molecule has 4 amide bonds. The average molecular weight is 470 g/mol. The first kappa shape index (κ1) is 24.9. The van der Waals surface area contributed by atoms with Gasteiger partial charge in [0.25, 0.3) is 5.91 Å². The molecule has 0 bridgehead atoms. The zero-order valence-corrected chi connectivity index (χ0v) is 19.4. The smallest absolute Gasteiger partial charge is 0.338 e. The first-order chi connectivity index (χ1) is 16.2. The highest BCUT2D eigenvalue weighted by Gasteiger charge is 2.46. The van der Waals surface area contributed by atoms with Gasteiger partial charge in [0.15, 0.2) is 0 Å². The second-order valence-electron chi connectivity index (χ2n) is 8.37. The summed E-state index contributed by atoms with van der Waals surface area (Å²) in [6, 6.07) is 9.75. The maximum Gasteiger partial charge on any atom is 0.338 e. The Morgan fingerprint density at radius 2 is 1.71 bits per heavy atom. The quantitative estimate of drug-likeness (QED) is 0.438. The van der Waals surface area contributed by atoms with Gasteiger partial charge in [0.2, 0.25) is 5.91 Å². The molecule has 0 spiro atoms. The fourth-order valence-corrected chi connectivity index (χ4v) is 3.60. The molecule has 0 aromatic heterocycles. The van der Waals surface area contributed by atoms with Crippen LogP contribution in [0.3, 0.4) is 0 Å². The lowest BCUT2D eigenvalue weighted by Gasteiger charge is -2.22. The molecule has 1 heterocycles. The van der Waals surface area contributed by atoms with Crippen LogP contribution in [-0.4, -0.2) is 47.9 Å². The van der Waals surface area contributed by atoms with Gasteiger partial charge in [0.1, 0.15) is 11.9 Å². The number of urea groups is 1. The predicted octanol–water partition coefficient (Wildman–Crippen LogP) is 4.21. The van der Waals surface area contributed by atoms with Crippen molar-refractivity contribution in [3.8, 4) is 0 Å². The predicted molar refractivity (Wildman–Crippen MR) is 125 cm³/mol. The summed E-state index contributed by atoms with van der Waals surface area (Å²) in [5, 5.41) is 2.70. The minimum Gasteiger partial charge on any atom is -0.462 e. The maximum absolute atomic E-state index is 13.3. The lowest BCUT2D eigenvalue weighted by Crippen LogP contribution is -2.39. The summed E-state index contributed by atoms with van der Waals surface area (Å²) in [5.41, 5.74) is 1.05. The van der Waals surface area contributed by atoms with E-state index in [0.29, 0.717) is 24.2 Å². The van der Waals surface area contributed by atoms with Crippen LogP contribution in [0.5, 0.6) is 0 Å². The number of halogens is 1. The number of nitrogens with zero attached hydrogens (tertiary/aromatic N) is 2. The van der Waals surface area contributed by atoms with E-state index in [2.05, 4.69) is 5.32 Å². The van der Waals surface area contributed by atoms with E-state index in [9.17, 15) is 23.6 Å². The number of benzene rings is 2. The van der Waals surface area contributed by atoms with Crippen molar-refractivity contribution in [3.05, 3.63) is 59.9 Å². The molecule has 1 atom stereocenters. The minimum atomic E-state index is -0.977. The van der Waals surface area contributed by atoms with Crippen LogP contribution in [0.2, 0.25) is 0 Å². The second kappa shape index (κ2) is 10.9. The van der Waals surface area contributed by atoms with Gasteiger partial charge >= 0.3 is 12.0 Å². The highest BCUT2D eigenvalue weighted by Crippen LogP contribution is 2.28. The summed E-state index contributed by atoms with van der Waals surface area (Å²) in [5.74, 6) is -1.64. The second-order valence-corrected chi connectivity index (χ2v) is 8.37. The van der Waals surface area contributed by atoms with Gasteiger partial charge in [0, 0.05) is 12.2 Å². The van der Waals surface area contributed by atoms with Crippen molar-refractivity contribution in [2.24, 2.45) is 5.92 Å². The van der Waals surface area contributed by atoms with Crippen LogP contribution in [0.15, 0.2) is 48.5 Å². The van der Waals surface area contributed by atoms with Crippen molar-refractivity contribution >= 4 is 35.2 Å². The molecule has 1 N–H and O–H groups in total. The highest BCUT2D eigenvalue weighted by molar-refractivity contribution is 6.22. The molecule has 1 fully saturated rings. The fraction of sp³-hybridized carbons (Fsp3) is 0.360. The number of nitrogens with one attached hydrogen (secondary N) is 1. The zero-order valence-electron chi connectivity index (χ0n) is 19.4. The van der Waals surface area contributed by atoms with E-state index in [4.69, 9.17) is 4.74 Å². The van der Waals surface area contributed by atoms with E-state index in [1.165, 1.54) is 41.3 Å². The number of hydrogen-bond acceptors (Lipinski definition) is 5. The van der Waals surface area contributed by atoms with Crippen LogP contribution >= 0.6 is 0 Å². The number of imide groups is 1. The Hall–Kier alpha value is -3.75. The fourth-order valence-electron chi connectivity index (χ4n) is 3.60. The van der Waals surface area contributed by atoms with Gasteiger partial charge < -0.3 is 15.0 Å². The summed E-state index contributed by atoms with van der Waals surface area (Å²) in [6.07, 6.45) is 0.420. The van der Waals surface area contributed by atoms with Crippen molar-refractivity contribution in [2.45, 2.75) is 39.7 Å². The van der Waals surface area contributed by atoms with Crippen molar-refractivity contribution in [2.75, 3.05) is 23.4 Å². The highest BCUT2D eigenvalue weighted by atomic mass is 19.1. The zero-order chi connectivity index (χ0) is 24.8. The number of anilines is 2. The van der Waals surface area contributed by atoms with Gasteiger partial charge in [0.05, 0.1) is 24.3 Å². The molecule has 1 aliphatic heterocycles. The Labute approximate surface area is 197 Å². The first-order valence-corrected chi connectivity index (χ1v) is 11.2. The molecule has 1 saturated heterocycles. The van der Waals surface area contributed by atoms with Crippen LogP contribution in [0.4, 0.5) is 20.6 Å². The third-order valence-corrected chi connectivity index (χ3v) is 5.41. The number of esters is 1. The van der Waals surface area contributed by atoms with Crippen LogP contribution in [0.1, 0.15) is 44.0 Å². The van der Waals surface area contributed by atoms with Crippen molar-refractivity contribution in [1.29, 1.82) is 0 Å². The Balaban J connectivity index is 1.74. The number of ether oxygens (including phenoxy) is 1. The standard InChI is InChI=1S/C25H28FN3O5/c1-4-34-24(32)17-5-9-19(10-6-17)27-22(30)15-21-23(31)29(20-11-7-18(26)8-12-20)25(33)28(21)14-13-16(2)3/h5-12,16,21H,4,13-15H2,1-3H3,(H,27,30)/t21-/m1/s1. The third kappa shape index (κ3) is 5.78. The van der Waals surface area contributed by atoms with E-state index < -0.39 is 35.7 Å². The molecule has 9 heteroatoms. The van der Waals surface area contributed by atoms with Gasteiger partial charge in [-0.25, -0.2) is 18.9 Å². The molecule has 2 aromatic rings. The van der Waals surface area contributed by atoms with Crippen LogP contribution in [-0.2, 0) is 14.3 Å². The molecule has 1 aliphatic rings. The summed E-state index contributed by atoms with van der Waals surface area (Å²) >= 11 is 0. The van der Waals surface area contributed by atoms with E-state index >= 15 is 0 Å². The van der Waals surface area contributed by atoms with Gasteiger partial charge in [-0.3, -0.25) is 9.59 Å². The normalized spacial score (nSPS) is 15.7. The summed E-state index contributed by atoms with van der Waals surface area (Å²) in [7, 11) is 0. The Kier molecular flexibility index (Phi) is 7.99. The molecule has 0 radical (unpaired) electrons. The molecule has 0 aliphatic carbocycles. The third-order valence-electron chi connectivity index (χ3n) is 5.41. The Morgan fingerprint density at radius 3 is 2.29 bits per heavy atom. The van der Waals surface area contributed by atoms with E-state index in [1.54, 1.807) is 19.1 Å². The van der Waals surface area contributed by atoms with E-state index in [-0.39, 0.29) is 24.6 Å². The van der Waals surface area contributed by atoms with Crippen LogP contribution < -0.4 is 10.2 Å². The lowest BCUT2D eigenvalue weighted by atomic mass is 10.1. The first-order valence-electron chi connectivity index (χ1n) is 11.2. The number of hydrogen-bond donors (Lipinski definition) is 1. The molecule has 0 saturated carbocycles. The maximum atomic E-state index is 13.3. The molecule has 34 heavy (non-hydrogen) atoms. The summed E-state index contributed by atoms with van der Waals surface area (Å²) < 4.78 is 18.3. The van der Waals surface area contributed by atoms with Gasteiger partial charge in [-0.2, -0.15) is 0 Å². The van der Waals surface area contributed by atoms with Gasteiger partial charge in [-0.15, -0.1) is 0 Å². The molecule has 180 valence electrons. The SMILES string of the molecule is CCOC(=O)c1ccc(NC(=O)C[C@@H]2C(=O)N(c3ccc(F)cc3)C(=O)N2CCC(C)C)cc1. The van der Waals surface area contributed by atoms with Crippen molar-refractivity contribution in [1.82, 2.24) is 4.90 Å². The monoisotopic (exact) mass is 469 g/mol. The van der Waals surface area contributed by atoms with Crippen LogP contribution in [0.25, 0.3) is 0 Å². The van der Waals surface area contributed by atoms with E-state index in [0.717, 1.165) is 4.90 Å². The molecular formula is C25H28FN3O5. The number of amides is 4. The number of carbonyl (C=O) groups is 4. The van der Waals surface area contributed by atoms with Crippen molar-refractivity contribution < 1.29 is 28.3 Å². The minimum absolute atomic E-state index is 0.236. The van der Waals surface area contributed by atoms with Crippen molar-refractivity contribution in [3.63, 3.8) is 0 Å². The molecule has 2 aromatic carbocycles. The lowest BCUT2D eigenvalue weighted by molar-refractivity contribution is -0.124. The van der Waals surface area contributed by atoms with Gasteiger partial charge in [-0.1, -0.05) is 13.8 Å². The van der Waals surface area contributed by atoms with Gasteiger partial charge in [-0.05, 0) is 67.8 Å². The largest absolute Gasteiger partial charge is 0.462 e. The molecule has 0 unspecified atom stereocenters. The van der Waals surface area contributed by atoms with E-state index in [1.807, 2.05) is 13.8 Å². The Morgan fingerprint density at radius 1 is 1.06 bits per heavy atom. The summed E-state index contributed by atoms with van der Waals surface area (Å²) in [4.78, 5) is 53.2. The number of rotatable bonds is 9. The number of carbonyl (C=O) groups excluding carboxylic acids is 4. The molecule has 8 nitrogen and oxygen atoms in total. The topological polar surface area (TPSA) is 96.0 Å².